The Kier molecular flexibility index (Phi) is 3.91. The van der Waals surface area contributed by atoms with Crippen LogP contribution < -0.4 is 11.2 Å². The molecule has 0 N–H and O–H groups in total. The van der Waals surface area contributed by atoms with Gasteiger partial charge in [0.05, 0.1) is 17.4 Å². The van der Waals surface area contributed by atoms with Crippen LogP contribution in [-0.2, 0) is 13.1 Å². The smallest absolute Gasteiger partial charge is 0.276 e. The molecule has 0 unspecified atom stereocenters. The van der Waals surface area contributed by atoms with Crippen molar-refractivity contribution in [2.75, 3.05) is 0 Å². The number of aromatic nitrogens is 4. The lowest BCUT2D eigenvalue weighted by Gasteiger charge is -2.07. The van der Waals surface area contributed by atoms with E-state index in [2.05, 4.69) is 5.10 Å². The fourth-order valence-corrected chi connectivity index (χ4v) is 3.16. The molecule has 26 heavy (non-hydrogen) atoms. The van der Waals surface area contributed by atoms with Crippen LogP contribution >= 0.6 is 0 Å². The largest absolute Gasteiger partial charge is 0.352 e. The third-order valence-corrected chi connectivity index (χ3v) is 4.38. The summed E-state index contributed by atoms with van der Waals surface area (Å²) < 4.78 is 17.4. The number of halogens is 1. The number of benzene rings is 2. The van der Waals surface area contributed by atoms with Gasteiger partial charge in [-0.05, 0) is 36.2 Å². The second-order valence-electron chi connectivity index (χ2n) is 6.18. The molecule has 0 fully saturated rings. The quantitative estimate of drug-likeness (QED) is 0.567. The zero-order valence-corrected chi connectivity index (χ0v) is 14.2. The fraction of sp³-hybridized carbons (Fsp3) is 0.211. The van der Waals surface area contributed by atoms with Crippen LogP contribution in [-0.4, -0.2) is 18.7 Å². The van der Waals surface area contributed by atoms with Gasteiger partial charge < -0.3 is 0 Å². The second kappa shape index (κ2) is 6.25. The number of aryl methyl sites for hydroxylation is 1. The van der Waals surface area contributed by atoms with Gasteiger partial charge in [-0.15, -0.1) is 5.10 Å². The van der Waals surface area contributed by atoms with Crippen molar-refractivity contribution in [3.05, 3.63) is 80.7 Å². The molecule has 132 valence electrons. The zero-order valence-electron chi connectivity index (χ0n) is 14.2. The molecule has 0 atom stereocenters. The van der Waals surface area contributed by atoms with E-state index in [4.69, 9.17) is 0 Å². The molecule has 0 aliphatic carbocycles. The van der Waals surface area contributed by atoms with Gasteiger partial charge in [-0.3, -0.25) is 9.36 Å². The molecule has 7 heteroatoms. The van der Waals surface area contributed by atoms with E-state index in [1.807, 2.05) is 6.92 Å². The topological polar surface area (TPSA) is 61.3 Å². The molecule has 0 amide bonds. The van der Waals surface area contributed by atoms with Crippen molar-refractivity contribution in [3.8, 4) is 0 Å². The summed E-state index contributed by atoms with van der Waals surface area (Å²) in [7, 11) is 0. The molecule has 0 saturated carbocycles. The lowest BCUT2D eigenvalue weighted by atomic mass is 10.2. The standard InChI is InChI=1S/C19H17FN4O2/c1-2-11-22-17(25)15-5-3-4-6-16(15)24-18(22)21-23(19(24)26)12-13-7-9-14(20)10-8-13/h3-10H,2,11-12H2,1H3. The summed E-state index contributed by atoms with van der Waals surface area (Å²) in [6, 6.07) is 12.9. The van der Waals surface area contributed by atoms with Gasteiger partial charge in [-0.2, -0.15) is 0 Å². The molecule has 2 aromatic heterocycles. The minimum absolute atomic E-state index is 0.158. The van der Waals surface area contributed by atoms with E-state index >= 15 is 0 Å². The van der Waals surface area contributed by atoms with Crippen LogP contribution in [0.4, 0.5) is 4.39 Å². The number of rotatable bonds is 4. The molecule has 2 aromatic carbocycles. The van der Waals surface area contributed by atoms with E-state index in [0.29, 0.717) is 23.2 Å². The number of fused-ring (bicyclic) bond motifs is 3. The summed E-state index contributed by atoms with van der Waals surface area (Å²) in [6.45, 7) is 2.64. The van der Waals surface area contributed by atoms with Crippen LogP contribution in [0.5, 0.6) is 0 Å². The summed E-state index contributed by atoms with van der Waals surface area (Å²) >= 11 is 0. The molecular formula is C19H17FN4O2. The molecular weight excluding hydrogens is 335 g/mol. The van der Waals surface area contributed by atoms with E-state index in [0.717, 1.165) is 12.0 Å². The van der Waals surface area contributed by atoms with Gasteiger partial charge in [0, 0.05) is 6.54 Å². The van der Waals surface area contributed by atoms with Crippen molar-refractivity contribution >= 4 is 16.7 Å². The Labute approximate surface area is 147 Å². The molecule has 0 aliphatic rings. The minimum atomic E-state index is -0.334. The average molecular weight is 352 g/mol. The van der Waals surface area contributed by atoms with Gasteiger partial charge in [0.25, 0.3) is 5.56 Å². The Hall–Kier alpha value is -3.22. The van der Waals surface area contributed by atoms with Gasteiger partial charge in [0.15, 0.2) is 0 Å². The maximum Gasteiger partial charge on any atom is 0.352 e. The van der Waals surface area contributed by atoms with Crippen LogP contribution in [0.3, 0.4) is 0 Å². The van der Waals surface area contributed by atoms with Crippen molar-refractivity contribution in [2.45, 2.75) is 26.4 Å². The molecule has 0 radical (unpaired) electrons. The highest BCUT2D eigenvalue weighted by molar-refractivity contribution is 5.79. The van der Waals surface area contributed by atoms with Crippen molar-refractivity contribution in [1.29, 1.82) is 0 Å². The maximum atomic E-state index is 13.1. The molecule has 2 heterocycles. The summed E-state index contributed by atoms with van der Waals surface area (Å²) in [4.78, 5) is 25.8. The van der Waals surface area contributed by atoms with Crippen molar-refractivity contribution in [1.82, 2.24) is 18.7 Å². The summed E-state index contributed by atoms with van der Waals surface area (Å²) in [5.74, 6) is -0.0125. The minimum Gasteiger partial charge on any atom is -0.276 e. The van der Waals surface area contributed by atoms with E-state index in [-0.39, 0.29) is 23.6 Å². The Morgan fingerprint density at radius 1 is 1.04 bits per heavy atom. The molecule has 0 saturated heterocycles. The Bertz CT molecular complexity index is 1220. The molecule has 0 aliphatic heterocycles. The number of nitrogens with zero attached hydrogens (tertiary/aromatic N) is 4. The van der Waals surface area contributed by atoms with Crippen LogP contribution in [0.2, 0.25) is 0 Å². The van der Waals surface area contributed by atoms with E-state index in [1.54, 1.807) is 36.4 Å². The number of hydrogen-bond donors (Lipinski definition) is 0. The molecule has 4 rings (SSSR count). The SMILES string of the molecule is CCCn1c(=O)c2ccccc2n2c(=O)n(Cc3ccc(F)cc3)nc12. The summed E-state index contributed by atoms with van der Waals surface area (Å²) in [6.07, 6.45) is 0.743. The molecule has 6 nitrogen and oxygen atoms in total. The summed E-state index contributed by atoms with van der Waals surface area (Å²) in [5.41, 5.74) is 0.806. The summed E-state index contributed by atoms with van der Waals surface area (Å²) in [5, 5.41) is 4.88. The van der Waals surface area contributed by atoms with E-state index in [9.17, 15) is 14.0 Å². The average Bonchev–Trinajstić information content (AvgIpc) is 2.97. The van der Waals surface area contributed by atoms with Crippen LogP contribution in [0.25, 0.3) is 16.7 Å². The zero-order chi connectivity index (χ0) is 18.3. The Balaban J connectivity index is 2.00. The first-order valence-electron chi connectivity index (χ1n) is 8.45. The van der Waals surface area contributed by atoms with Gasteiger partial charge in [0.2, 0.25) is 5.78 Å². The second-order valence-corrected chi connectivity index (χ2v) is 6.18. The van der Waals surface area contributed by atoms with E-state index < -0.39 is 0 Å². The fourth-order valence-electron chi connectivity index (χ4n) is 3.16. The molecule has 4 aromatic rings. The molecule has 0 spiro atoms. The highest BCUT2D eigenvalue weighted by atomic mass is 19.1. The first kappa shape index (κ1) is 16.3. The normalized spacial score (nSPS) is 11.5. The van der Waals surface area contributed by atoms with Crippen molar-refractivity contribution < 1.29 is 4.39 Å². The van der Waals surface area contributed by atoms with Crippen LogP contribution in [0, 0.1) is 5.82 Å². The first-order chi connectivity index (χ1) is 12.6. The highest BCUT2D eigenvalue weighted by Gasteiger charge is 2.16. The van der Waals surface area contributed by atoms with Gasteiger partial charge in [-0.1, -0.05) is 31.2 Å². The maximum absolute atomic E-state index is 13.1. The van der Waals surface area contributed by atoms with Crippen molar-refractivity contribution in [2.24, 2.45) is 0 Å². The predicted octanol–water partition coefficient (Wildman–Crippen LogP) is 2.41. The Morgan fingerprint density at radius 2 is 1.77 bits per heavy atom. The number of para-hydroxylation sites is 1. The van der Waals surface area contributed by atoms with Crippen LogP contribution in [0.1, 0.15) is 18.9 Å². The van der Waals surface area contributed by atoms with Gasteiger partial charge >= 0.3 is 5.69 Å². The first-order valence-corrected chi connectivity index (χ1v) is 8.45. The number of hydrogen-bond acceptors (Lipinski definition) is 3. The Morgan fingerprint density at radius 3 is 2.50 bits per heavy atom. The van der Waals surface area contributed by atoms with Crippen LogP contribution in [0.15, 0.2) is 58.1 Å². The lowest BCUT2D eigenvalue weighted by Crippen LogP contribution is -2.26. The third-order valence-electron chi connectivity index (χ3n) is 4.38. The lowest BCUT2D eigenvalue weighted by molar-refractivity contribution is 0.621. The monoisotopic (exact) mass is 352 g/mol. The predicted molar refractivity (Wildman–Crippen MR) is 97.0 cm³/mol. The third kappa shape index (κ3) is 2.52. The molecule has 0 bridgehead atoms. The highest BCUT2D eigenvalue weighted by Crippen LogP contribution is 2.12. The van der Waals surface area contributed by atoms with Crippen molar-refractivity contribution in [3.63, 3.8) is 0 Å². The van der Waals surface area contributed by atoms with Gasteiger partial charge in [-0.25, -0.2) is 18.3 Å². The van der Waals surface area contributed by atoms with E-state index in [1.165, 1.54) is 25.8 Å². The van der Waals surface area contributed by atoms with Gasteiger partial charge in [0.1, 0.15) is 5.82 Å².